The zero-order valence-electron chi connectivity index (χ0n) is 16.1. The Balaban J connectivity index is 1.48. The van der Waals surface area contributed by atoms with Crippen LogP contribution in [0.25, 0.3) is 10.8 Å². The lowest BCUT2D eigenvalue weighted by Crippen LogP contribution is -3.14. The van der Waals surface area contributed by atoms with Gasteiger partial charge in [0.05, 0.1) is 37.6 Å². The number of nitrogens with zero attached hydrogens (tertiary/aromatic N) is 1. The maximum atomic E-state index is 12.8. The molecule has 0 aliphatic carbocycles. The van der Waals surface area contributed by atoms with Gasteiger partial charge in [0.25, 0.3) is 10.0 Å². The molecule has 0 unspecified atom stereocenters. The molecule has 3 aromatic carbocycles. The molecular formula is C22H26N3O2S+. The van der Waals surface area contributed by atoms with Crippen molar-refractivity contribution >= 4 is 32.2 Å². The highest BCUT2D eigenvalue weighted by atomic mass is 32.2. The minimum Gasteiger partial charge on any atom is -0.360 e. The summed E-state index contributed by atoms with van der Waals surface area (Å²) in [5, 5.41) is 1.94. The van der Waals surface area contributed by atoms with Crippen molar-refractivity contribution in [3.05, 3.63) is 66.7 Å². The summed E-state index contributed by atoms with van der Waals surface area (Å²) in [4.78, 5) is 4.27. The van der Waals surface area contributed by atoms with Crippen LogP contribution >= 0.6 is 0 Å². The Labute approximate surface area is 166 Å². The third-order valence-electron chi connectivity index (χ3n) is 5.49. The van der Waals surface area contributed by atoms with Gasteiger partial charge in [0.1, 0.15) is 0 Å². The quantitative estimate of drug-likeness (QED) is 0.696. The van der Waals surface area contributed by atoms with Crippen molar-refractivity contribution in [2.24, 2.45) is 0 Å². The van der Waals surface area contributed by atoms with Crippen LogP contribution in [0.5, 0.6) is 0 Å². The molecule has 1 heterocycles. The van der Waals surface area contributed by atoms with Crippen LogP contribution in [0.15, 0.2) is 71.6 Å². The second kappa shape index (κ2) is 7.81. The van der Waals surface area contributed by atoms with Crippen molar-refractivity contribution < 1.29 is 13.3 Å². The second-order valence-electron chi connectivity index (χ2n) is 7.25. The predicted octanol–water partition coefficient (Wildman–Crippen LogP) is 2.37. The van der Waals surface area contributed by atoms with Gasteiger partial charge in [0.15, 0.2) is 0 Å². The van der Waals surface area contributed by atoms with E-state index >= 15 is 0 Å². The van der Waals surface area contributed by atoms with Gasteiger partial charge in [-0.1, -0.05) is 30.3 Å². The molecule has 4 rings (SSSR count). The molecule has 3 aromatic rings. The Bertz CT molecular complexity index is 1060. The van der Waals surface area contributed by atoms with Crippen LogP contribution in [0.1, 0.15) is 6.92 Å². The lowest BCUT2D eigenvalue weighted by molar-refractivity contribution is -0.898. The SMILES string of the molecule is CC[NH+]1CCN(c2ccc(NS(=O)(=O)c3ccc4ccccc4c3)cc2)CC1. The van der Waals surface area contributed by atoms with Crippen LogP contribution in [-0.4, -0.2) is 41.1 Å². The van der Waals surface area contributed by atoms with Crippen LogP contribution in [0.4, 0.5) is 11.4 Å². The smallest absolute Gasteiger partial charge is 0.261 e. The first-order valence-corrected chi connectivity index (χ1v) is 11.2. The van der Waals surface area contributed by atoms with Gasteiger partial charge < -0.3 is 9.80 Å². The highest BCUT2D eigenvalue weighted by molar-refractivity contribution is 7.92. The summed E-state index contributed by atoms with van der Waals surface area (Å²) < 4.78 is 28.2. The summed E-state index contributed by atoms with van der Waals surface area (Å²) in [6.45, 7) is 7.75. The third kappa shape index (κ3) is 3.98. The molecule has 2 N–H and O–H groups in total. The van der Waals surface area contributed by atoms with Crippen molar-refractivity contribution in [3.63, 3.8) is 0 Å². The van der Waals surface area contributed by atoms with Gasteiger partial charge in [-0.2, -0.15) is 0 Å². The Hall–Kier alpha value is -2.57. The molecule has 0 atom stereocenters. The Morgan fingerprint density at radius 3 is 2.29 bits per heavy atom. The molecule has 0 amide bonds. The first-order chi connectivity index (χ1) is 13.5. The fourth-order valence-electron chi connectivity index (χ4n) is 3.72. The molecule has 6 heteroatoms. The van der Waals surface area contributed by atoms with Gasteiger partial charge in [0.2, 0.25) is 0 Å². The fraction of sp³-hybridized carbons (Fsp3) is 0.273. The minimum absolute atomic E-state index is 0.272. The molecule has 1 aliphatic rings. The maximum absolute atomic E-state index is 12.8. The number of rotatable bonds is 5. The second-order valence-corrected chi connectivity index (χ2v) is 8.93. The van der Waals surface area contributed by atoms with E-state index in [0.29, 0.717) is 5.69 Å². The summed E-state index contributed by atoms with van der Waals surface area (Å²) in [5.74, 6) is 0. The van der Waals surface area contributed by atoms with Crippen molar-refractivity contribution in [2.45, 2.75) is 11.8 Å². The molecule has 146 valence electrons. The zero-order valence-corrected chi connectivity index (χ0v) is 16.9. The predicted molar refractivity (Wildman–Crippen MR) is 115 cm³/mol. The highest BCUT2D eigenvalue weighted by Crippen LogP contribution is 2.23. The third-order valence-corrected chi connectivity index (χ3v) is 6.87. The molecule has 0 radical (unpaired) electrons. The van der Waals surface area contributed by atoms with Crippen LogP contribution in [-0.2, 0) is 10.0 Å². The molecular weight excluding hydrogens is 370 g/mol. The number of quaternary nitrogens is 1. The van der Waals surface area contributed by atoms with Crippen molar-refractivity contribution in [1.29, 1.82) is 0 Å². The van der Waals surface area contributed by atoms with E-state index < -0.39 is 10.0 Å². The van der Waals surface area contributed by atoms with E-state index in [-0.39, 0.29) is 4.90 Å². The van der Waals surface area contributed by atoms with E-state index in [9.17, 15) is 8.42 Å². The summed E-state index contributed by atoms with van der Waals surface area (Å²) in [5.41, 5.74) is 1.72. The molecule has 0 bridgehead atoms. The number of sulfonamides is 1. The van der Waals surface area contributed by atoms with Crippen molar-refractivity contribution in [1.82, 2.24) is 0 Å². The van der Waals surface area contributed by atoms with Crippen LogP contribution in [0.2, 0.25) is 0 Å². The number of nitrogens with one attached hydrogen (secondary N) is 2. The first-order valence-electron chi connectivity index (χ1n) is 9.75. The van der Waals surface area contributed by atoms with Crippen LogP contribution in [0, 0.1) is 0 Å². The van der Waals surface area contributed by atoms with E-state index in [1.807, 2.05) is 54.6 Å². The van der Waals surface area contributed by atoms with Gasteiger partial charge in [-0.05, 0) is 54.1 Å². The van der Waals surface area contributed by atoms with E-state index in [1.54, 1.807) is 17.0 Å². The molecule has 1 aliphatic heterocycles. The van der Waals surface area contributed by atoms with Gasteiger partial charge in [-0.25, -0.2) is 8.42 Å². The Morgan fingerprint density at radius 2 is 1.61 bits per heavy atom. The molecule has 0 saturated carbocycles. The first kappa shape index (κ1) is 18.8. The van der Waals surface area contributed by atoms with Crippen molar-refractivity contribution in [3.8, 4) is 0 Å². The fourth-order valence-corrected chi connectivity index (χ4v) is 4.82. The summed E-state index contributed by atoms with van der Waals surface area (Å²) >= 11 is 0. The molecule has 0 aromatic heterocycles. The molecule has 1 fully saturated rings. The average Bonchev–Trinajstić information content (AvgIpc) is 2.74. The monoisotopic (exact) mass is 396 g/mol. The van der Waals surface area contributed by atoms with Gasteiger partial charge in [-0.3, -0.25) is 4.72 Å². The number of likely N-dealkylation sites (N-methyl/N-ethyl adjacent to an activating group) is 1. The summed E-state index contributed by atoms with van der Waals surface area (Å²) in [7, 11) is -3.62. The standard InChI is InChI=1S/C22H25N3O2S/c1-2-24-13-15-25(16-14-24)21-10-8-20(9-11-21)23-28(26,27)22-12-7-18-5-3-4-6-19(18)17-22/h3-12,17,23H,2,13-16H2,1H3/p+1. The maximum Gasteiger partial charge on any atom is 0.261 e. The minimum atomic E-state index is -3.62. The Kier molecular flexibility index (Phi) is 5.24. The largest absolute Gasteiger partial charge is 0.360 e. The summed E-state index contributed by atoms with van der Waals surface area (Å²) in [6, 6.07) is 20.6. The molecule has 0 spiro atoms. The average molecular weight is 397 g/mol. The lowest BCUT2D eigenvalue weighted by atomic mass is 10.1. The number of piperazine rings is 1. The lowest BCUT2D eigenvalue weighted by Gasteiger charge is -2.33. The Morgan fingerprint density at radius 1 is 0.929 bits per heavy atom. The number of anilines is 2. The topological polar surface area (TPSA) is 53.9 Å². The number of fused-ring (bicyclic) bond motifs is 1. The van der Waals surface area contributed by atoms with E-state index in [4.69, 9.17) is 0 Å². The number of hydrogen-bond donors (Lipinski definition) is 2. The summed E-state index contributed by atoms with van der Waals surface area (Å²) in [6.07, 6.45) is 0. The number of benzene rings is 3. The molecule has 1 saturated heterocycles. The highest BCUT2D eigenvalue weighted by Gasteiger charge is 2.19. The van der Waals surface area contributed by atoms with E-state index in [2.05, 4.69) is 16.5 Å². The van der Waals surface area contributed by atoms with Crippen molar-refractivity contribution in [2.75, 3.05) is 42.3 Å². The normalized spacial score (nSPS) is 15.7. The number of hydrogen-bond acceptors (Lipinski definition) is 3. The van der Waals surface area contributed by atoms with E-state index in [0.717, 1.165) is 42.6 Å². The molecule has 28 heavy (non-hydrogen) atoms. The van der Waals surface area contributed by atoms with Gasteiger partial charge in [0, 0.05) is 11.4 Å². The van der Waals surface area contributed by atoms with Gasteiger partial charge in [-0.15, -0.1) is 0 Å². The van der Waals surface area contributed by atoms with Crippen LogP contribution < -0.4 is 14.5 Å². The van der Waals surface area contributed by atoms with Gasteiger partial charge >= 0.3 is 0 Å². The van der Waals surface area contributed by atoms with Crippen LogP contribution in [0.3, 0.4) is 0 Å². The molecule has 5 nitrogen and oxygen atoms in total. The zero-order chi connectivity index (χ0) is 19.6. The van der Waals surface area contributed by atoms with E-state index in [1.165, 1.54) is 6.54 Å².